The van der Waals surface area contributed by atoms with Crippen molar-refractivity contribution in [2.45, 2.75) is 32.6 Å². The summed E-state index contributed by atoms with van der Waals surface area (Å²) in [7, 11) is 0. The van der Waals surface area contributed by atoms with E-state index >= 15 is 0 Å². The lowest BCUT2D eigenvalue weighted by atomic mass is 10.2. The SMILES string of the molecule is Cc1cccc2c1n(-c1cnc(-c3cccn4cncc34)cn1)c(=O)n2CC(=O)N[C@H](C)C(F)(F)F. The van der Waals surface area contributed by atoms with Crippen LogP contribution in [0.25, 0.3) is 33.6 Å². The Kier molecular flexibility index (Phi) is 5.58. The van der Waals surface area contributed by atoms with E-state index in [0.717, 1.165) is 28.1 Å². The van der Waals surface area contributed by atoms with Crippen LogP contribution in [-0.4, -0.2) is 46.6 Å². The van der Waals surface area contributed by atoms with Crippen molar-refractivity contribution in [3.63, 3.8) is 0 Å². The first-order chi connectivity index (χ1) is 17.1. The average molecular weight is 495 g/mol. The van der Waals surface area contributed by atoms with Gasteiger partial charge in [-0.05, 0) is 37.6 Å². The number of aryl methyl sites for hydroxylation is 1. The Morgan fingerprint density at radius 3 is 2.61 bits per heavy atom. The number of amides is 1. The van der Waals surface area contributed by atoms with Gasteiger partial charge in [0.2, 0.25) is 5.91 Å². The number of aromatic nitrogens is 6. The van der Waals surface area contributed by atoms with E-state index in [0.29, 0.717) is 16.7 Å². The minimum atomic E-state index is -4.59. The maximum Gasteiger partial charge on any atom is 0.408 e. The quantitative estimate of drug-likeness (QED) is 0.404. The average Bonchev–Trinajstić information content (AvgIpc) is 3.42. The largest absolute Gasteiger partial charge is 0.408 e. The predicted molar refractivity (Wildman–Crippen MR) is 126 cm³/mol. The topological polar surface area (TPSA) is 99.1 Å². The van der Waals surface area contributed by atoms with Crippen LogP contribution in [0.5, 0.6) is 0 Å². The first-order valence-corrected chi connectivity index (χ1v) is 11.0. The molecule has 4 aromatic heterocycles. The van der Waals surface area contributed by atoms with Crippen LogP contribution in [0.15, 0.2) is 66.2 Å². The molecule has 4 heterocycles. The number of fused-ring (bicyclic) bond motifs is 2. The number of para-hydroxylation sites is 1. The molecule has 0 aliphatic rings. The summed E-state index contributed by atoms with van der Waals surface area (Å²) >= 11 is 0. The van der Waals surface area contributed by atoms with Crippen LogP contribution in [0.3, 0.4) is 0 Å². The van der Waals surface area contributed by atoms with Crippen LogP contribution in [-0.2, 0) is 11.3 Å². The normalized spacial score (nSPS) is 12.8. The van der Waals surface area contributed by atoms with Gasteiger partial charge >= 0.3 is 11.9 Å². The molecule has 1 atom stereocenters. The Morgan fingerprint density at radius 1 is 1.08 bits per heavy atom. The second-order valence-electron chi connectivity index (χ2n) is 8.35. The van der Waals surface area contributed by atoms with Gasteiger partial charge in [-0.15, -0.1) is 0 Å². The molecule has 0 fully saturated rings. The summed E-state index contributed by atoms with van der Waals surface area (Å²) in [5.74, 6) is -0.718. The van der Waals surface area contributed by atoms with Gasteiger partial charge in [0.25, 0.3) is 0 Å². The van der Waals surface area contributed by atoms with Crippen LogP contribution in [0.2, 0.25) is 0 Å². The van der Waals surface area contributed by atoms with Gasteiger partial charge in [0.05, 0.1) is 47.2 Å². The second-order valence-corrected chi connectivity index (χ2v) is 8.35. The van der Waals surface area contributed by atoms with Crippen LogP contribution in [0, 0.1) is 6.92 Å². The molecule has 0 saturated carbocycles. The number of pyridine rings is 1. The number of alkyl halides is 3. The predicted octanol–water partition coefficient (Wildman–Crippen LogP) is 3.27. The van der Waals surface area contributed by atoms with E-state index in [2.05, 4.69) is 15.0 Å². The Labute approximate surface area is 201 Å². The summed E-state index contributed by atoms with van der Waals surface area (Å²) in [5.41, 5.74) is 3.19. The third-order valence-electron chi connectivity index (χ3n) is 5.92. The zero-order valence-electron chi connectivity index (χ0n) is 19.2. The highest BCUT2D eigenvalue weighted by Crippen LogP contribution is 2.24. The van der Waals surface area contributed by atoms with Gasteiger partial charge in [-0.2, -0.15) is 13.2 Å². The molecule has 0 aliphatic heterocycles. The smallest absolute Gasteiger partial charge is 0.343 e. The molecule has 184 valence electrons. The van der Waals surface area contributed by atoms with Crippen LogP contribution < -0.4 is 11.0 Å². The number of carbonyl (C=O) groups is 1. The molecule has 1 amide bonds. The van der Waals surface area contributed by atoms with Crippen molar-refractivity contribution in [1.82, 2.24) is 33.8 Å². The van der Waals surface area contributed by atoms with Gasteiger partial charge in [0, 0.05) is 11.8 Å². The van der Waals surface area contributed by atoms with Crippen LogP contribution in [0.1, 0.15) is 12.5 Å². The van der Waals surface area contributed by atoms with Crippen molar-refractivity contribution in [2.24, 2.45) is 0 Å². The fourth-order valence-electron chi connectivity index (χ4n) is 4.09. The summed E-state index contributed by atoms with van der Waals surface area (Å²) in [6.45, 7) is 2.05. The summed E-state index contributed by atoms with van der Waals surface area (Å²) in [6, 6.07) is 6.80. The van der Waals surface area contributed by atoms with Crippen molar-refractivity contribution in [2.75, 3.05) is 0 Å². The van der Waals surface area contributed by atoms with Crippen LogP contribution >= 0.6 is 0 Å². The zero-order valence-corrected chi connectivity index (χ0v) is 19.2. The lowest BCUT2D eigenvalue weighted by Gasteiger charge is -2.17. The maximum atomic E-state index is 13.4. The van der Waals surface area contributed by atoms with Crippen molar-refractivity contribution in [3.8, 4) is 17.1 Å². The molecule has 0 radical (unpaired) electrons. The molecule has 1 aromatic carbocycles. The summed E-state index contributed by atoms with van der Waals surface area (Å²) < 4.78 is 42.9. The molecule has 1 N–H and O–H groups in total. The van der Waals surface area contributed by atoms with Gasteiger partial charge in [0.15, 0.2) is 5.82 Å². The second kappa shape index (κ2) is 8.63. The number of carbonyl (C=O) groups excluding carboxylic acids is 1. The Hall–Kier alpha value is -4.48. The number of rotatable bonds is 5. The summed E-state index contributed by atoms with van der Waals surface area (Å²) in [6.07, 6.45) is 3.61. The number of benzene rings is 1. The van der Waals surface area contributed by atoms with E-state index in [9.17, 15) is 22.8 Å². The van der Waals surface area contributed by atoms with Crippen LogP contribution in [0.4, 0.5) is 13.2 Å². The van der Waals surface area contributed by atoms with E-state index in [1.165, 1.54) is 17.0 Å². The highest BCUT2D eigenvalue weighted by molar-refractivity contribution is 5.84. The maximum absolute atomic E-state index is 13.4. The molecule has 0 spiro atoms. The van der Waals surface area contributed by atoms with Crippen molar-refractivity contribution in [3.05, 3.63) is 77.5 Å². The minimum absolute atomic E-state index is 0.214. The van der Waals surface area contributed by atoms with E-state index in [1.807, 2.05) is 28.0 Å². The van der Waals surface area contributed by atoms with Crippen molar-refractivity contribution >= 4 is 22.5 Å². The van der Waals surface area contributed by atoms with Gasteiger partial charge in [-0.3, -0.25) is 14.3 Å². The third-order valence-corrected chi connectivity index (χ3v) is 5.92. The fourth-order valence-corrected chi connectivity index (χ4v) is 4.09. The Balaban J connectivity index is 1.55. The number of imidazole rings is 2. The van der Waals surface area contributed by atoms with E-state index in [4.69, 9.17) is 0 Å². The zero-order chi connectivity index (χ0) is 25.6. The molecule has 5 aromatic rings. The summed E-state index contributed by atoms with van der Waals surface area (Å²) in [4.78, 5) is 38.8. The minimum Gasteiger partial charge on any atom is -0.343 e. The molecule has 5 rings (SSSR count). The molecule has 0 aliphatic carbocycles. The van der Waals surface area contributed by atoms with Crippen molar-refractivity contribution in [1.29, 1.82) is 0 Å². The third kappa shape index (κ3) is 4.00. The summed E-state index contributed by atoms with van der Waals surface area (Å²) in [5, 5.41) is 1.89. The molecule has 36 heavy (non-hydrogen) atoms. The fraction of sp³-hybridized carbons (Fsp3) is 0.208. The van der Waals surface area contributed by atoms with Crippen molar-refractivity contribution < 1.29 is 18.0 Å². The molecule has 9 nitrogen and oxygen atoms in total. The number of hydrogen-bond donors (Lipinski definition) is 1. The molecular formula is C24H20F3N7O2. The Morgan fingerprint density at radius 2 is 1.89 bits per heavy atom. The monoisotopic (exact) mass is 495 g/mol. The molecule has 0 bridgehead atoms. The number of nitrogens with zero attached hydrogens (tertiary/aromatic N) is 6. The van der Waals surface area contributed by atoms with Gasteiger partial charge in [-0.1, -0.05) is 12.1 Å². The highest BCUT2D eigenvalue weighted by atomic mass is 19.4. The number of hydrogen-bond acceptors (Lipinski definition) is 5. The number of nitrogens with one attached hydrogen (secondary N) is 1. The Bertz CT molecular complexity index is 1650. The standard InChI is InChI=1S/C24H20F3N7O2/c1-14-5-3-7-18-22(14)34(23(36)33(18)12-21(35)31-15(2)24(25,26)27)20-11-29-17(9-30-20)16-6-4-8-32-13-28-10-19(16)32/h3-11,13,15H,12H2,1-2H3,(H,31,35)/t15-/m1/s1. The lowest BCUT2D eigenvalue weighted by Crippen LogP contribution is -2.45. The first-order valence-electron chi connectivity index (χ1n) is 11.0. The lowest BCUT2D eigenvalue weighted by molar-refractivity contribution is -0.158. The van der Waals surface area contributed by atoms with Gasteiger partial charge in [0.1, 0.15) is 12.6 Å². The highest BCUT2D eigenvalue weighted by Gasteiger charge is 2.37. The first kappa shape index (κ1) is 23.3. The van der Waals surface area contributed by atoms with E-state index < -0.39 is 30.4 Å². The molecule has 0 unspecified atom stereocenters. The number of halogens is 3. The molecule has 12 heteroatoms. The molecular weight excluding hydrogens is 475 g/mol. The van der Waals surface area contributed by atoms with Gasteiger partial charge in [-0.25, -0.2) is 19.3 Å². The molecule has 0 saturated heterocycles. The van der Waals surface area contributed by atoms with E-state index in [-0.39, 0.29) is 5.82 Å². The van der Waals surface area contributed by atoms with E-state index in [1.54, 1.807) is 37.6 Å². The van der Waals surface area contributed by atoms with Gasteiger partial charge < -0.3 is 9.72 Å².